The van der Waals surface area contributed by atoms with Crippen molar-refractivity contribution in [2.75, 3.05) is 5.32 Å². The van der Waals surface area contributed by atoms with Crippen LogP contribution >= 0.6 is 15.9 Å². The molecule has 0 fully saturated rings. The van der Waals surface area contributed by atoms with Gasteiger partial charge in [-0.05, 0) is 42.8 Å². The van der Waals surface area contributed by atoms with Crippen molar-refractivity contribution in [3.63, 3.8) is 0 Å². The smallest absolute Gasteiger partial charge is 0.335 e. The van der Waals surface area contributed by atoms with E-state index in [1.54, 1.807) is 18.2 Å². The van der Waals surface area contributed by atoms with Crippen LogP contribution < -0.4 is 5.32 Å². The van der Waals surface area contributed by atoms with E-state index in [9.17, 15) is 9.59 Å². The van der Waals surface area contributed by atoms with Crippen LogP contribution in [0, 0.1) is 6.92 Å². The van der Waals surface area contributed by atoms with Gasteiger partial charge in [0.25, 0.3) is 5.91 Å². The zero-order valence-corrected chi connectivity index (χ0v) is 12.3. The second kappa shape index (κ2) is 5.88. The van der Waals surface area contributed by atoms with Crippen LogP contribution in [-0.2, 0) is 0 Å². The number of anilines is 1. The largest absolute Gasteiger partial charge is 0.478 e. The predicted octanol–water partition coefficient (Wildman–Crippen LogP) is 3.71. The topological polar surface area (TPSA) is 66.4 Å². The fraction of sp³-hybridized carbons (Fsp3) is 0.0667. The van der Waals surface area contributed by atoms with Crippen molar-refractivity contribution in [1.82, 2.24) is 0 Å². The molecule has 2 N–H and O–H groups in total. The molecule has 2 aromatic carbocycles. The van der Waals surface area contributed by atoms with Gasteiger partial charge in [-0.1, -0.05) is 28.1 Å². The van der Waals surface area contributed by atoms with Gasteiger partial charge in [0.05, 0.1) is 5.56 Å². The van der Waals surface area contributed by atoms with Gasteiger partial charge in [-0.25, -0.2) is 4.79 Å². The molecular weight excluding hydrogens is 322 g/mol. The molecule has 0 heterocycles. The summed E-state index contributed by atoms with van der Waals surface area (Å²) >= 11 is 3.39. The number of benzene rings is 2. The molecule has 0 saturated heterocycles. The number of halogens is 1. The number of aromatic carboxylic acids is 1. The molecule has 0 saturated carbocycles. The summed E-state index contributed by atoms with van der Waals surface area (Å²) in [5.41, 5.74) is 1.99. The van der Waals surface area contributed by atoms with Gasteiger partial charge in [0, 0.05) is 15.7 Å². The molecule has 0 aliphatic rings. The van der Waals surface area contributed by atoms with E-state index in [0.717, 1.165) is 10.0 Å². The maximum absolute atomic E-state index is 12.1. The first-order valence-corrected chi connectivity index (χ1v) is 6.68. The van der Waals surface area contributed by atoms with E-state index >= 15 is 0 Å². The Morgan fingerprint density at radius 3 is 2.45 bits per heavy atom. The fourth-order valence-electron chi connectivity index (χ4n) is 1.73. The van der Waals surface area contributed by atoms with E-state index in [0.29, 0.717) is 11.3 Å². The minimum atomic E-state index is -1.06. The van der Waals surface area contributed by atoms with Gasteiger partial charge >= 0.3 is 5.97 Å². The Labute approximate surface area is 124 Å². The third-order valence-electron chi connectivity index (χ3n) is 2.89. The molecule has 5 heteroatoms. The third-order valence-corrected chi connectivity index (χ3v) is 3.75. The van der Waals surface area contributed by atoms with Crippen molar-refractivity contribution in [2.45, 2.75) is 6.92 Å². The summed E-state index contributed by atoms with van der Waals surface area (Å²) in [7, 11) is 0. The van der Waals surface area contributed by atoms with Crippen LogP contribution in [0.2, 0.25) is 0 Å². The second-order valence-electron chi connectivity index (χ2n) is 4.25. The molecule has 0 radical (unpaired) electrons. The van der Waals surface area contributed by atoms with E-state index in [1.165, 1.54) is 12.1 Å². The van der Waals surface area contributed by atoms with Crippen molar-refractivity contribution < 1.29 is 14.7 Å². The van der Waals surface area contributed by atoms with Crippen molar-refractivity contribution >= 4 is 33.5 Å². The van der Waals surface area contributed by atoms with Crippen LogP contribution in [-0.4, -0.2) is 17.0 Å². The van der Waals surface area contributed by atoms with E-state index in [-0.39, 0.29) is 11.5 Å². The number of carbonyl (C=O) groups excluding carboxylic acids is 1. The number of carboxylic acids is 1. The van der Waals surface area contributed by atoms with Crippen molar-refractivity contribution in [2.24, 2.45) is 0 Å². The zero-order chi connectivity index (χ0) is 14.7. The standard InChI is InChI=1S/C15H12BrNO3/c1-9-12(16)6-3-7-13(9)17-14(18)10-4-2-5-11(8-10)15(19)20/h2-8H,1H3,(H,17,18)(H,19,20). The van der Waals surface area contributed by atoms with E-state index in [2.05, 4.69) is 21.2 Å². The molecule has 20 heavy (non-hydrogen) atoms. The molecular formula is C15H12BrNO3. The Kier molecular flexibility index (Phi) is 4.20. The first-order valence-electron chi connectivity index (χ1n) is 5.89. The highest BCUT2D eigenvalue weighted by Crippen LogP contribution is 2.24. The number of amides is 1. The monoisotopic (exact) mass is 333 g/mol. The average Bonchev–Trinajstić information content (AvgIpc) is 2.44. The lowest BCUT2D eigenvalue weighted by atomic mass is 10.1. The summed E-state index contributed by atoms with van der Waals surface area (Å²) in [6, 6.07) is 11.4. The van der Waals surface area contributed by atoms with Gasteiger partial charge in [0.15, 0.2) is 0 Å². The summed E-state index contributed by atoms with van der Waals surface area (Å²) in [4.78, 5) is 23.0. The van der Waals surface area contributed by atoms with Crippen molar-refractivity contribution in [3.05, 3.63) is 63.6 Å². The Hall–Kier alpha value is -2.14. The Balaban J connectivity index is 2.26. The molecule has 4 nitrogen and oxygen atoms in total. The molecule has 0 unspecified atom stereocenters. The lowest BCUT2D eigenvalue weighted by Crippen LogP contribution is -2.13. The van der Waals surface area contributed by atoms with Gasteiger partial charge in [-0.3, -0.25) is 4.79 Å². The molecule has 2 aromatic rings. The molecule has 0 aliphatic carbocycles. The molecule has 0 atom stereocenters. The van der Waals surface area contributed by atoms with Crippen LogP contribution in [0.1, 0.15) is 26.3 Å². The summed E-state index contributed by atoms with van der Waals surface area (Å²) in [6.07, 6.45) is 0. The lowest BCUT2D eigenvalue weighted by molar-refractivity contribution is 0.0697. The first kappa shape index (κ1) is 14.3. The van der Waals surface area contributed by atoms with E-state index in [4.69, 9.17) is 5.11 Å². The maximum atomic E-state index is 12.1. The van der Waals surface area contributed by atoms with Crippen molar-refractivity contribution in [3.8, 4) is 0 Å². The Bertz CT molecular complexity index is 683. The highest BCUT2D eigenvalue weighted by atomic mass is 79.9. The highest BCUT2D eigenvalue weighted by molar-refractivity contribution is 9.10. The fourth-order valence-corrected chi connectivity index (χ4v) is 2.10. The van der Waals surface area contributed by atoms with Crippen LogP contribution in [0.5, 0.6) is 0 Å². The Morgan fingerprint density at radius 2 is 1.75 bits per heavy atom. The quantitative estimate of drug-likeness (QED) is 0.899. The normalized spacial score (nSPS) is 10.1. The molecule has 1 amide bonds. The zero-order valence-electron chi connectivity index (χ0n) is 10.7. The second-order valence-corrected chi connectivity index (χ2v) is 5.11. The minimum absolute atomic E-state index is 0.0867. The van der Waals surface area contributed by atoms with Crippen LogP contribution in [0.15, 0.2) is 46.9 Å². The molecule has 0 spiro atoms. The summed E-state index contributed by atoms with van der Waals surface area (Å²) in [5, 5.41) is 11.7. The molecule has 2 rings (SSSR count). The van der Waals surface area contributed by atoms with Crippen LogP contribution in [0.25, 0.3) is 0 Å². The summed E-state index contributed by atoms with van der Waals surface area (Å²) in [6.45, 7) is 1.88. The van der Waals surface area contributed by atoms with Gasteiger partial charge in [-0.15, -0.1) is 0 Å². The molecule has 0 aromatic heterocycles. The summed E-state index contributed by atoms with van der Waals surface area (Å²) < 4.78 is 0.898. The van der Waals surface area contributed by atoms with Crippen LogP contribution in [0.4, 0.5) is 5.69 Å². The number of hydrogen-bond donors (Lipinski definition) is 2. The lowest BCUT2D eigenvalue weighted by Gasteiger charge is -2.10. The van der Waals surface area contributed by atoms with Crippen molar-refractivity contribution in [1.29, 1.82) is 0 Å². The SMILES string of the molecule is Cc1c(Br)cccc1NC(=O)c1cccc(C(=O)O)c1. The highest BCUT2D eigenvalue weighted by Gasteiger charge is 2.11. The van der Waals surface area contributed by atoms with E-state index < -0.39 is 5.97 Å². The number of hydrogen-bond acceptors (Lipinski definition) is 2. The number of nitrogens with one attached hydrogen (secondary N) is 1. The molecule has 0 aliphatic heterocycles. The van der Waals surface area contributed by atoms with E-state index in [1.807, 2.05) is 19.1 Å². The maximum Gasteiger partial charge on any atom is 0.335 e. The molecule has 102 valence electrons. The number of rotatable bonds is 3. The summed E-state index contributed by atoms with van der Waals surface area (Å²) in [5.74, 6) is -1.40. The predicted molar refractivity (Wildman–Crippen MR) is 80.2 cm³/mol. The van der Waals surface area contributed by atoms with Gasteiger partial charge in [-0.2, -0.15) is 0 Å². The van der Waals surface area contributed by atoms with Gasteiger partial charge < -0.3 is 10.4 Å². The third kappa shape index (κ3) is 3.05. The average molecular weight is 334 g/mol. The van der Waals surface area contributed by atoms with Gasteiger partial charge in [0.2, 0.25) is 0 Å². The minimum Gasteiger partial charge on any atom is -0.478 e. The molecule has 0 bridgehead atoms. The van der Waals surface area contributed by atoms with Crippen LogP contribution in [0.3, 0.4) is 0 Å². The Morgan fingerprint density at radius 1 is 1.10 bits per heavy atom. The first-order chi connectivity index (χ1) is 9.49. The van der Waals surface area contributed by atoms with Gasteiger partial charge in [0.1, 0.15) is 0 Å². The number of carbonyl (C=O) groups is 2. The number of carboxylic acid groups (broad SMARTS) is 1.